The summed E-state index contributed by atoms with van der Waals surface area (Å²) in [7, 11) is -3.76. The predicted octanol–water partition coefficient (Wildman–Crippen LogP) is 2.09. The fraction of sp³-hybridized carbons (Fsp3) is 0.474. The average molecular weight is 393 g/mol. The first-order valence-electron chi connectivity index (χ1n) is 9.12. The van der Waals surface area contributed by atoms with Crippen molar-refractivity contribution in [2.24, 2.45) is 5.92 Å². The second-order valence-corrected chi connectivity index (χ2v) is 8.74. The van der Waals surface area contributed by atoms with Crippen LogP contribution in [0.15, 0.2) is 47.6 Å². The number of carbonyl (C=O) groups excluding carboxylic acids is 1. The molecule has 0 saturated heterocycles. The average Bonchev–Trinajstić information content (AvgIpc) is 3.11. The number of sulfonamides is 1. The molecule has 0 aliphatic rings. The van der Waals surface area contributed by atoms with Crippen LogP contribution < -0.4 is 10.0 Å². The Morgan fingerprint density at radius 3 is 2.52 bits per heavy atom. The first-order chi connectivity index (χ1) is 12.8. The van der Waals surface area contributed by atoms with Gasteiger partial charge in [-0.3, -0.25) is 9.48 Å². The van der Waals surface area contributed by atoms with Gasteiger partial charge in [0.15, 0.2) is 0 Å². The maximum Gasteiger partial charge on any atom is 0.241 e. The van der Waals surface area contributed by atoms with Crippen LogP contribution in [0.2, 0.25) is 0 Å². The summed E-state index contributed by atoms with van der Waals surface area (Å²) in [5.74, 6) is -0.134. The van der Waals surface area contributed by atoms with Crippen LogP contribution in [-0.2, 0) is 21.4 Å². The first kappa shape index (κ1) is 21.1. The Kier molecular flexibility index (Phi) is 7.55. The molecule has 0 aliphatic heterocycles. The third-order valence-corrected chi connectivity index (χ3v) is 5.56. The van der Waals surface area contributed by atoms with Gasteiger partial charge in [0.2, 0.25) is 15.9 Å². The van der Waals surface area contributed by atoms with Gasteiger partial charge in [0.05, 0.1) is 4.90 Å². The molecule has 1 amide bonds. The minimum atomic E-state index is -3.76. The molecule has 1 heterocycles. The minimum Gasteiger partial charge on any atom is -0.355 e. The summed E-state index contributed by atoms with van der Waals surface area (Å²) in [4.78, 5) is 12.7. The van der Waals surface area contributed by atoms with Crippen molar-refractivity contribution >= 4 is 15.9 Å². The monoisotopic (exact) mass is 392 g/mol. The molecule has 0 aliphatic carbocycles. The van der Waals surface area contributed by atoms with Crippen molar-refractivity contribution in [2.75, 3.05) is 6.54 Å². The quantitative estimate of drug-likeness (QED) is 0.606. The van der Waals surface area contributed by atoms with Gasteiger partial charge < -0.3 is 5.32 Å². The van der Waals surface area contributed by atoms with E-state index in [1.54, 1.807) is 35.1 Å². The van der Waals surface area contributed by atoms with Crippen LogP contribution in [0.4, 0.5) is 0 Å². The molecule has 2 aromatic rings. The third kappa shape index (κ3) is 6.80. The van der Waals surface area contributed by atoms with Gasteiger partial charge in [0.1, 0.15) is 6.04 Å². The molecule has 1 atom stereocenters. The Hall–Kier alpha value is -2.19. The number of rotatable bonds is 10. The number of nitrogens with one attached hydrogen (secondary N) is 2. The van der Waals surface area contributed by atoms with Crippen molar-refractivity contribution < 1.29 is 13.2 Å². The molecule has 27 heavy (non-hydrogen) atoms. The van der Waals surface area contributed by atoms with Gasteiger partial charge in [-0.2, -0.15) is 9.82 Å². The summed E-state index contributed by atoms with van der Waals surface area (Å²) in [6, 6.07) is 7.61. The lowest BCUT2D eigenvalue weighted by atomic mass is 10.0. The molecule has 0 bridgehead atoms. The Balaban J connectivity index is 1.96. The van der Waals surface area contributed by atoms with Crippen molar-refractivity contribution in [2.45, 2.75) is 51.1 Å². The minimum absolute atomic E-state index is 0.160. The van der Waals surface area contributed by atoms with Gasteiger partial charge >= 0.3 is 0 Å². The normalized spacial score (nSPS) is 12.9. The van der Waals surface area contributed by atoms with E-state index in [1.807, 2.05) is 33.0 Å². The highest BCUT2D eigenvalue weighted by molar-refractivity contribution is 7.89. The lowest BCUT2D eigenvalue weighted by Crippen LogP contribution is -2.47. The first-order valence-corrected chi connectivity index (χ1v) is 10.6. The van der Waals surface area contributed by atoms with Gasteiger partial charge in [-0.15, -0.1) is 0 Å². The van der Waals surface area contributed by atoms with E-state index in [9.17, 15) is 13.2 Å². The summed E-state index contributed by atoms with van der Waals surface area (Å²) < 4.78 is 29.6. The lowest BCUT2D eigenvalue weighted by molar-refractivity contribution is -0.123. The Morgan fingerprint density at radius 1 is 1.22 bits per heavy atom. The van der Waals surface area contributed by atoms with Crippen LogP contribution in [0.3, 0.4) is 0 Å². The molecular weight excluding hydrogens is 364 g/mol. The third-order valence-electron chi connectivity index (χ3n) is 4.07. The van der Waals surface area contributed by atoms with E-state index >= 15 is 0 Å². The maximum absolute atomic E-state index is 12.6. The summed E-state index contributed by atoms with van der Waals surface area (Å²) in [6.07, 6.45) is 4.71. The van der Waals surface area contributed by atoms with Gasteiger partial charge in [0.25, 0.3) is 0 Å². The summed E-state index contributed by atoms with van der Waals surface area (Å²) in [5, 5.41) is 6.93. The van der Waals surface area contributed by atoms with Crippen LogP contribution in [0, 0.1) is 12.8 Å². The molecule has 148 valence electrons. The second kappa shape index (κ2) is 9.66. The Bertz CT molecular complexity index is 815. The van der Waals surface area contributed by atoms with Gasteiger partial charge in [-0.25, -0.2) is 8.42 Å². The molecule has 1 aromatic heterocycles. The summed E-state index contributed by atoms with van der Waals surface area (Å²) in [6.45, 7) is 6.95. The van der Waals surface area contributed by atoms with E-state index in [4.69, 9.17) is 0 Å². The van der Waals surface area contributed by atoms with Crippen molar-refractivity contribution in [3.8, 4) is 0 Å². The fourth-order valence-electron chi connectivity index (χ4n) is 2.66. The highest BCUT2D eigenvalue weighted by Crippen LogP contribution is 2.13. The zero-order valence-corrected chi connectivity index (χ0v) is 16.9. The molecule has 7 nitrogen and oxygen atoms in total. The molecular formula is C19H28N4O3S. The Morgan fingerprint density at radius 2 is 1.93 bits per heavy atom. The Labute approximate surface area is 161 Å². The van der Waals surface area contributed by atoms with Crippen molar-refractivity contribution in [1.82, 2.24) is 19.8 Å². The number of aromatic nitrogens is 2. The molecule has 2 rings (SSSR count). The number of hydrogen-bond donors (Lipinski definition) is 2. The van der Waals surface area contributed by atoms with Crippen LogP contribution in [0.1, 0.15) is 32.3 Å². The number of aryl methyl sites for hydroxylation is 2. The topological polar surface area (TPSA) is 93.1 Å². The highest BCUT2D eigenvalue weighted by Gasteiger charge is 2.26. The zero-order chi connectivity index (χ0) is 19.9. The van der Waals surface area contributed by atoms with Crippen LogP contribution in [0.5, 0.6) is 0 Å². The van der Waals surface area contributed by atoms with Crippen LogP contribution >= 0.6 is 0 Å². The van der Waals surface area contributed by atoms with Crippen molar-refractivity contribution in [3.05, 3.63) is 48.3 Å². The highest BCUT2D eigenvalue weighted by atomic mass is 32.2. The molecule has 1 unspecified atom stereocenters. The molecule has 0 saturated carbocycles. The standard InChI is InChI=1S/C19H28N4O3S/c1-15(2)14-18(19(24)20-10-4-12-23-13-5-11-21-23)22-27(25,26)17-8-6-16(3)7-9-17/h5-9,11,13,15,18,22H,4,10,12,14H2,1-3H3,(H,20,24). The lowest BCUT2D eigenvalue weighted by Gasteiger charge is -2.20. The number of nitrogens with zero attached hydrogens (tertiary/aromatic N) is 2. The molecule has 0 radical (unpaired) electrons. The summed E-state index contributed by atoms with van der Waals surface area (Å²) >= 11 is 0. The number of benzene rings is 1. The predicted molar refractivity (Wildman–Crippen MR) is 105 cm³/mol. The van der Waals surface area contributed by atoms with Gasteiger partial charge in [-0.05, 0) is 43.9 Å². The fourth-order valence-corrected chi connectivity index (χ4v) is 3.87. The van der Waals surface area contributed by atoms with E-state index in [0.717, 1.165) is 5.56 Å². The van der Waals surface area contributed by atoms with Gasteiger partial charge in [0, 0.05) is 25.5 Å². The zero-order valence-electron chi connectivity index (χ0n) is 16.1. The molecule has 8 heteroatoms. The number of hydrogen-bond acceptors (Lipinski definition) is 4. The maximum atomic E-state index is 12.6. The van der Waals surface area contributed by atoms with Crippen molar-refractivity contribution in [3.63, 3.8) is 0 Å². The smallest absolute Gasteiger partial charge is 0.241 e. The number of amides is 1. The van der Waals surface area contributed by atoms with E-state index < -0.39 is 16.1 Å². The van der Waals surface area contributed by atoms with E-state index in [-0.39, 0.29) is 16.7 Å². The van der Waals surface area contributed by atoms with Crippen molar-refractivity contribution in [1.29, 1.82) is 0 Å². The van der Waals surface area contributed by atoms with Crippen LogP contribution in [-0.4, -0.2) is 36.7 Å². The van der Waals surface area contributed by atoms with E-state index in [2.05, 4.69) is 15.1 Å². The molecule has 0 fully saturated rings. The molecule has 0 spiro atoms. The number of carbonyl (C=O) groups is 1. The summed E-state index contributed by atoms with van der Waals surface area (Å²) in [5.41, 5.74) is 0.975. The molecule has 1 aromatic carbocycles. The van der Waals surface area contributed by atoms with E-state index in [0.29, 0.717) is 25.9 Å². The van der Waals surface area contributed by atoms with Crippen LogP contribution in [0.25, 0.3) is 0 Å². The SMILES string of the molecule is Cc1ccc(S(=O)(=O)NC(CC(C)C)C(=O)NCCCn2cccn2)cc1. The van der Waals surface area contributed by atoms with Gasteiger partial charge in [-0.1, -0.05) is 31.5 Å². The van der Waals surface area contributed by atoms with E-state index in [1.165, 1.54) is 0 Å². The largest absolute Gasteiger partial charge is 0.355 e. The molecule has 2 N–H and O–H groups in total. The second-order valence-electron chi connectivity index (χ2n) is 7.03.